The number of carbonyl (C=O) groups excluding carboxylic acids is 1. The highest BCUT2D eigenvalue weighted by Crippen LogP contribution is 2.37. The summed E-state index contributed by atoms with van der Waals surface area (Å²) in [6, 6.07) is 7.47. The lowest BCUT2D eigenvalue weighted by Gasteiger charge is -2.39. The molecule has 0 saturated carbocycles. The molecule has 2 aliphatic heterocycles. The maximum atomic E-state index is 13.5. The van der Waals surface area contributed by atoms with Crippen LogP contribution in [-0.4, -0.2) is 48.6 Å². The van der Waals surface area contributed by atoms with Gasteiger partial charge >= 0.3 is 13.2 Å². The maximum Gasteiger partial charge on any atom is 0.494 e. The molecule has 2 aliphatic rings. The number of hydrogen-bond acceptors (Lipinski definition) is 5. The number of carbonyl (C=O) groups is 1. The Balaban J connectivity index is 1.69. The van der Waals surface area contributed by atoms with Gasteiger partial charge in [-0.25, -0.2) is 4.79 Å². The number of alkyl carbamates (subject to hydrolysis) is 1. The highest BCUT2D eigenvalue weighted by Gasteiger charge is 2.52. The first kappa shape index (κ1) is 23.1. The third kappa shape index (κ3) is 4.67. The summed E-state index contributed by atoms with van der Waals surface area (Å²) in [5.74, 6) is 0. The summed E-state index contributed by atoms with van der Waals surface area (Å²) in [5.41, 5.74) is -0.470. The molecule has 8 heteroatoms. The fourth-order valence-corrected chi connectivity index (χ4v) is 3.90. The van der Waals surface area contributed by atoms with Gasteiger partial charge in [0.05, 0.1) is 23.3 Å². The summed E-state index contributed by atoms with van der Waals surface area (Å²) < 4.78 is 17.0. The highest BCUT2D eigenvalue weighted by atomic mass is 16.7. The van der Waals surface area contributed by atoms with Gasteiger partial charge in [-0.05, 0) is 73.0 Å². The van der Waals surface area contributed by atoms with Gasteiger partial charge in [-0.3, -0.25) is 0 Å². The van der Waals surface area contributed by atoms with Crippen LogP contribution in [0.3, 0.4) is 0 Å². The van der Waals surface area contributed by atoms with Crippen molar-refractivity contribution in [3.8, 4) is 0 Å². The first-order chi connectivity index (χ1) is 13.5. The minimum Gasteiger partial charge on any atom is -0.627 e. The number of ether oxygens (including phenoxy) is 1. The fraction of sp³-hybridized carbons (Fsp3) is 0.682. The zero-order valence-electron chi connectivity index (χ0n) is 19.5. The molecule has 0 radical (unpaired) electrons. The number of quaternary nitrogens is 1. The predicted molar refractivity (Wildman–Crippen MR) is 119 cm³/mol. The van der Waals surface area contributed by atoms with Gasteiger partial charge in [-0.1, -0.05) is 12.1 Å². The second kappa shape index (κ2) is 7.23. The lowest BCUT2D eigenvalue weighted by molar-refractivity contribution is 0.00578. The summed E-state index contributed by atoms with van der Waals surface area (Å²) >= 11 is 0. The van der Waals surface area contributed by atoms with Crippen molar-refractivity contribution in [1.82, 2.24) is 9.96 Å². The molecule has 1 amide bonds. The third-order valence-corrected chi connectivity index (χ3v) is 6.32. The number of benzene rings is 1. The van der Waals surface area contributed by atoms with E-state index in [1.165, 1.54) is 0 Å². The Bertz CT molecular complexity index is 789. The average molecular weight is 418 g/mol. The van der Waals surface area contributed by atoms with Crippen molar-refractivity contribution in [2.24, 2.45) is 0 Å². The maximum absolute atomic E-state index is 13.5. The standard InChI is InChI=1S/C22H35BN2O5/c1-19(2,3)28-18(26)24-22(8)13-14-25(27,15-22)17-11-9-16(10-12-17)23-29-20(4,5)21(6,7)30-23/h9-12H,13-15H2,1-8H3,(H,24,26). The van der Waals surface area contributed by atoms with Gasteiger partial charge in [0, 0.05) is 6.42 Å². The molecule has 2 unspecified atom stereocenters. The molecule has 3 rings (SSSR count). The molecule has 1 aromatic carbocycles. The van der Waals surface area contributed by atoms with E-state index in [0.717, 1.165) is 5.46 Å². The minimum absolute atomic E-state index is 0.252. The van der Waals surface area contributed by atoms with Gasteiger partial charge in [-0.2, -0.15) is 0 Å². The van der Waals surface area contributed by atoms with E-state index in [-0.39, 0.29) is 6.54 Å². The Labute approximate surface area is 180 Å². The molecule has 0 bridgehead atoms. The number of hydroxylamine groups is 2. The van der Waals surface area contributed by atoms with E-state index in [4.69, 9.17) is 14.0 Å². The van der Waals surface area contributed by atoms with Crippen molar-refractivity contribution in [1.29, 1.82) is 0 Å². The topological polar surface area (TPSA) is 79.9 Å². The van der Waals surface area contributed by atoms with Crippen LogP contribution in [0.1, 0.15) is 61.8 Å². The Morgan fingerprint density at radius 1 is 1.10 bits per heavy atom. The largest absolute Gasteiger partial charge is 0.627 e. The zero-order valence-corrected chi connectivity index (χ0v) is 19.5. The predicted octanol–water partition coefficient (Wildman–Crippen LogP) is 3.48. The van der Waals surface area contributed by atoms with E-state index in [9.17, 15) is 10.0 Å². The number of nitrogens with one attached hydrogen (secondary N) is 1. The SMILES string of the molecule is CC1(NC(=O)OC(C)(C)C)CC[N+]([O-])(c2ccc(B3OC(C)(C)C(C)(C)O3)cc2)C1. The van der Waals surface area contributed by atoms with Crippen LogP contribution in [0.5, 0.6) is 0 Å². The summed E-state index contributed by atoms with van der Waals surface area (Å²) in [6.07, 6.45) is 0.0869. The van der Waals surface area contributed by atoms with E-state index in [2.05, 4.69) is 5.32 Å². The average Bonchev–Trinajstić information content (AvgIpc) is 2.99. The van der Waals surface area contributed by atoms with Crippen molar-refractivity contribution in [2.75, 3.05) is 13.1 Å². The van der Waals surface area contributed by atoms with E-state index < -0.39 is 40.2 Å². The van der Waals surface area contributed by atoms with Gasteiger partial charge in [0.2, 0.25) is 0 Å². The molecule has 2 atom stereocenters. The molecule has 2 fully saturated rings. The summed E-state index contributed by atoms with van der Waals surface area (Å²) in [7, 11) is -0.457. The molecule has 7 nitrogen and oxygen atoms in total. The molecule has 0 aromatic heterocycles. The fourth-order valence-electron chi connectivity index (χ4n) is 3.90. The summed E-state index contributed by atoms with van der Waals surface area (Å²) in [5, 5.41) is 16.4. The first-order valence-corrected chi connectivity index (χ1v) is 10.6. The number of hydrogen-bond donors (Lipinski definition) is 1. The Morgan fingerprint density at radius 3 is 2.13 bits per heavy atom. The van der Waals surface area contributed by atoms with Gasteiger partial charge < -0.3 is 29.2 Å². The zero-order chi connectivity index (χ0) is 22.6. The molecular formula is C22H35BN2O5. The van der Waals surface area contributed by atoms with Gasteiger partial charge in [-0.15, -0.1) is 0 Å². The first-order valence-electron chi connectivity index (χ1n) is 10.6. The van der Waals surface area contributed by atoms with Crippen molar-refractivity contribution < 1.29 is 18.8 Å². The van der Waals surface area contributed by atoms with Crippen LogP contribution in [0.25, 0.3) is 0 Å². The Morgan fingerprint density at radius 2 is 1.63 bits per heavy atom. The van der Waals surface area contributed by atoms with Gasteiger partial charge in [0.25, 0.3) is 0 Å². The van der Waals surface area contributed by atoms with Crippen molar-refractivity contribution in [2.45, 2.75) is 84.2 Å². The number of rotatable bonds is 3. The molecule has 0 aliphatic carbocycles. The van der Waals surface area contributed by atoms with Crippen molar-refractivity contribution >= 4 is 24.4 Å². The molecule has 0 spiro atoms. The molecule has 1 aromatic rings. The molecular weight excluding hydrogens is 383 g/mol. The van der Waals surface area contributed by atoms with Crippen LogP contribution in [0, 0.1) is 5.21 Å². The Kier molecular flexibility index (Phi) is 5.56. The lowest BCUT2D eigenvalue weighted by atomic mass is 9.79. The normalized spacial score (nSPS) is 30.4. The highest BCUT2D eigenvalue weighted by molar-refractivity contribution is 6.62. The molecule has 1 N–H and O–H groups in total. The van der Waals surface area contributed by atoms with E-state index in [0.29, 0.717) is 18.7 Å². The second-order valence-electron chi connectivity index (χ2n) is 10.9. The molecule has 30 heavy (non-hydrogen) atoms. The van der Waals surface area contributed by atoms with Crippen LogP contribution in [0.15, 0.2) is 24.3 Å². The summed E-state index contributed by atoms with van der Waals surface area (Å²) in [4.78, 5) is 12.2. The summed E-state index contributed by atoms with van der Waals surface area (Å²) in [6.45, 7) is 16.1. The van der Waals surface area contributed by atoms with Crippen LogP contribution >= 0.6 is 0 Å². The monoisotopic (exact) mass is 418 g/mol. The molecule has 2 heterocycles. The van der Waals surface area contributed by atoms with Crippen molar-refractivity contribution in [3.63, 3.8) is 0 Å². The smallest absolute Gasteiger partial charge is 0.494 e. The number of amides is 1. The molecule has 2 saturated heterocycles. The van der Waals surface area contributed by atoms with E-state index in [1.807, 2.05) is 79.7 Å². The van der Waals surface area contributed by atoms with Gasteiger partial charge in [0.1, 0.15) is 17.8 Å². The quantitative estimate of drug-likeness (QED) is 0.462. The minimum atomic E-state index is -0.617. The van der Waals surface area contributed by atoms with Crippen molar-refractivity contribution in [3.05, 3.63) is 29.5 Å². The van der Waals surface area contributed by atoms with Crippen LogP contribution < -0.4 is 15.4 Å². The van der Waals surface area contributed by atoms with Crippen LogP contribution in [-0.2, 0) is 14.0 Å². The third-order valence-electron chi connectivity index (χ3n) is 6.32. The van der Waals surface area contributed by atoms with Gasteiger partial charge in [0.15, 0.2) is 0 Å². The van der Waals surface area contributed by atoms with E-state index in [1.54, 1.807) is 0 Å². The van der Waals surface area contributed by atoms with Crippen LogP contribution in [0.2, 0.25) is 0 Å². The number of nitrogens with zero attached hydrogens (tertiary/aromatic N) is 1. The van der Waals surface area contributed by atoms with Crippen LogP contribution in [0.4, 0.5) is 10.5 Å². The Hall–Kier alpha value is -1.61. The van der Waals surface area contributed by atoms with E-state index >= 15 is 0 Å². The molecule has 166 valence electrons. The lowest BCUT2D eigenvalue weighted by Crippen LogP contribution is -2.53. The second-order valence-corrected chi connectivity index (χ2v) is 10.9.